The van der Waals surface area contributed by atoms with Crippen LogP contribution in [0, 0.1) is 0 Å². The molecule has 10 nitrogen and oxygen atoms in total. The number of nitrogens with one attached hydrogen (secondary N) is 1. The van der Waals surface area contributed by atoms with Crippen molar-refractivity contribution in [1.82, 2.24) is 10.2 Å². The monoisotopic (exact) mass is 617 g/mol. The molecule has 12 heteroatoms. The third-order valence-corrected chi connectivity index (χ3v) is 8.44. The van der Waals surface area contributed by atoms with Crippen LogP contribution in [-0.4, -0.2) is 65.1 Å². The van der Waals surface area contributed by atoms with Gasteiger partial charge in [-0.1, -0.05) is 23.7 Å². The Morgan fingerprint density at radius 1 is 0.881 bits per heavy atom. The van der Waals surface area contributed by atoms with Crippen LogP contribution < -0.4 is 23.8 Å². The number of benzene rings is 3. The molecular formula is C30H36ClN3O7S. The second-order valence-electron chi connectivity index (χ2n) is 9.72. The van der Waals surface area contributed by atoms with Gasteiger partial charge in [-0.25, -0.2) is 8.42 Å². The number of anilines is 1. The number of methoxy groups -OCH3 is 3. The standard InChI is InChI=1S/C30H36ClN3O7S/c1-20(2)32-30(36)21(3)33(18-22-8-7-9-25(16-22)39-4)29(35)19-34(24-12-10-23(31)11-13-24)42(37,38)26-14-15-27(40-5)28(17-26)41-6/h7-17,20-21H,18-19H2,1-6H3,(H,32,36)/t21-/m1/s1. The van der Waals surface area contributed by atoms with E-state index in [1.54, 1.807) is 31.2 Å². The van der Waals surface area contributed by atoms with Gasteiger partial charge in [-0.3, -0.25) is 13.9 Å². The van der Waals surface area contributed by atoms with Gasteiger partial charge in [0.05, 0.1) is 31.9 Å². The molecule has 1 N–H and O–H groups in total. The van der Waals surface area contributed by atoms with Crippen LogP contribution in [0.2, 0.25) is 5.02 Å². The fourth-order valence-electron chi connectivity index (χ4n) is 4.20. The van der Waals surface area contributed by atoms with Crippen LogP contribution in [0.3, 0.4) is 0 Å². The Morgan fingerprint density at radius 3 is 2.14 bits per heavy atom. The van der Waals surface area contributed by atoms with Crippen LogP contribution in [0.25, 0.3) is 0 Å². The molecule has 1 atom stereocenters. The van der Waals surface area contributed by atoms with E-state index in [1.807, 2.05) is 13.8 Å². The average Bonchev–Trinajstić information content (AvgIpc) is 2.97. The molecule has 3 rings (SSSR count). The third kappa shape index (κ3) is 7.86. The lowest BCUT2D eigenvalue weighted by molar-refractivity contribution is -0.139. The van der Waals surface area contributed by atoms with E-state index in [0.717, 1.165) is 4.31 Å². The molecule has 0 heterocycles. The molecule has 0 aliphatic carbocycles. The zero-order valence-electron chi connectivity index (χ0n) is 24.5. The summed E-state index contributed by atoms with van der Waals surface area (Å²) in [6.07, 6.45) is 0. The van der Waals surface area contributed by atoms with Crippen molar-refractivity contribution in [2.24, 2.45) is 0 Å². The summed E-state index contributed by atoms with van der Waals surface area (Å²) < 4.78 is 45.0. The second kappa shape index (κ2) is 14.3. The highest BCUT2D eigenvalue weighted by Crippen LogP contribution is 2.32. The summed E-state index contributed by atoms with van der Waals surface area (Å²) in [7, 11) is 0.0568. The first-order valence-electron chi connectivity index (χ1n) is 13.1. The van der Waals surface area contributed by atoms with Crippen molar-refractivity contribution in [2.45, 2.75) is 44.3 Å². The molecule has 0 unspecified atom stereocenters. The lowest BCUT2D eigenvalue weighted by Gasteiger charge is -2.32. The summed E-state index contributed by atoms with van der Waals surface area (Å²) in [5.74, 6) is 0.169. The summed E-state index contributed by atoms with van der Waals surface area (Å²) in [6, 6.07) is 16.3. The van der Waals surface area contributed by atoms with E-state index in [0.29, 0.717) is 22.1 Å². The molecule has 0 spiro atoms. The van der Waals surface area contributed by atoms with Crippen molar-refractivity contribution in [1.29, 1.82) is 0 Å². The van der Waals surface area contributed by atoms with Gasteiger partial charge in [0, 0.05) is 23.7 Å². The summed E-state index contributed by atoms with van der Waals surface area (Å²) in [5, 5.41) is 3.22. The fourth-order valence-corrected chi connectivity index (χ4v) is 5.75. The number of carbonyl (C=O) groups excluding carboxylic acids is 2. The fraction of sp³-hybridized carbons (Fsp3) is 0.333. The zero-order valence-corrected chi connectivity index (χ0v) is 26.0. The molecule has 0 saturated heterocycles. The number of sulfonamides is 1. The number of carbonyl (C=O) groups is 2. The first-order valence-corrected chi connectivity index (χ1v) is 15.0. The van der Waals surface area contributed by atoms with Crippen molar-refractivity contribution in [3.63, 3.8) is 0 Å². The molecule has 226 valence electrons. The van der Waals surface area contributed by atoms with Crippen molar-refractivity contribution in [2.75, 3.05) is 32.2 Å². The number of halogens is 1. The van der Waals surface area contributed by atoms with Crippen molar-refractivity contribution in [3.05, 3.63) is 77.3 Å². The number of hydrogen-bond donors (Lipinski definition) is 1. The smallest absolute Gasteiger partial charge is 0.264 e. The van der Waals surface area contributed by atoms with E-state index < -0.39 is 28.5 Å². The average molecular weight is 618 g/mol. The third-order valence-electron chi connectivity index (χ3n) is 6.42. The quantitative estimate of drug-likeness (QED) is 0.300. The molecule has 3 aromatic rings. The van der Waals surface area contributed by atoms with Gasteiger partial charge in [0.25, 0.3) is 10.0 Å². The predicted octanol–water partition coefficient (Wildman–Crippen LogP) is 4.50. The van der Waals surface area contributed by atoms with Crippen LogP contribution >= 0.6 is 11.6 Å². The topological polar surface area (TPSA) is 114 Å². The van der Waals surface area contributed by atoms with Crippen LogP contribution in [-0.2, 0) is 26.2 Å². The van der Waals surface area contributed by atoms with E-state index in [1.165, 1.54) is 68.7 Å². The number of amides is 2. The normalized spacial score (nSPS) is 11.9. The van der Waals surface area contributed by atoms with E-state index in [9.17, 15) is 18.0 Å². The van der Waals surface area contributed by atoms with Gasteiger partial charge in [-0.2, -0.15) is 0 Å². The molecule has 0 bridgehead atoms. The second-order valence-corrected chi connectivity index (χ2v) is 12.0. The number of nitrogens with zero attached hydrogens (tertiary/aromatic N) is 2. The Bertz CT molecular complexity index is 1500. The maximum absolute atomic E-state index is 14.1. The molecule has 0 aliphatic rings. The number of hydrogen-bond acceptors (Lipinski definition) is 7. The molecule has 3 aromatic carbocycles. The molecule has 2 amide bonds. The van der Waals surface area contributed by atoms with Crippen LogP contribution in [0.4, 0.5) is 5.69 Å². The van der Waals surface area contributed by atoms with E-state index >= 15 is 0 Å². The maximum Gasteiger partial charge on any atom is 0.264 e. The summed E-state index contributed by atoms with van der Waals surface area (Å²) >= 11 is 6.08. The minimum Gasteiger partial charge on any atom is -0.497 e. The SMILES string of the molecule is COc1cccc(CN(C(=O)CN(c2ccc(Cl)cc2)S(=O)(=O)c2ccc(OC)c(OC)c2)[C@H](C)C(=O)NC(C)C)c1. The molecular weight excluding hydrogens is 582 g/mol. The Kier molecular flexibility index (Phi) is 11.1. The largest absolute Gasteiger partial charge is 0.497 e. The molecule has 0 radical (unpaired) electrons. The molecule has 0 fully saturated rings. The molecule has 0 saturated carbocycles. The van der Waals surface area contributed by atoms with Gasteiger partial charge in [-0.15, -0.1) is 0 Å². The van der Waals surface area contributed by atoms with Gasteiger partial charge >= 0.3 is 0 Å². The van der Waals surface area contributed by atoms with Crippen LogP contribution in [0.5, 0.6) is 17.2 Å². The highest BCUT2D eigenvalue weighted by Gasteiger charge is 2.33. The van der Waals surface area contributed by atoms with E-state index in [2.05, 4.69) is 5.32 Å². The van der Waals surface area contributed by atoms with E-state index in [-0.39, 0.29) is 34.8 Å². The summed E-state index contributed by atoms with van der Waals surface area (Å²) in [6.45, 7) is 4.67. The maximum atomic E-state index is 14.1. The lowest BCUT2D eigenvalue weighted by Crippen LogP contribution is -2.52. The van der Waals surface area contributed by atoms with Crippen molar-refractivity contribution >= 4 is 39.1 Å². The minimum atomic E-state index is -4.31. The number of rotatable bonds is 13. The van der Waals surface area contributed by atoms with E-state index in [4.69, 9.17) is 25.8 Å². The van der Waals surface area contributed by atoms with Gasteiger partial charge in [0.2, 0.25) is 11.8 Å². The lowest BCUT2D eigenvalue weighted by atomic mass is 10.1. The zero-order chi connectivity index (χ0) is 31.0. The first-order chi connectivity index (χ1) is 19.9. The Balaban J connectivity index is 2.07. The van der Waals surface area contributed by atoms with Gasteiger partial charge < -0.3 is 24.4 Å². The van der Waals surface area contributed by atoms with Crippen molar-refractivity contribution < 1.29 is 32.2 Å². The predicted molar refractivity (Wildman–Crippen MR) is 162 cm³/mol. The Labute approximate surface area is 252 Å². The number of ether oxygens (including phenoxy) is 3. The van der Waals surface area contributed by atoms with Crippen molar-refractivity contribution in [3.8, 4) is 17.2 Å². The minimum absolute atomic E-state index is 0.0353. The van der Waals surface area contributed by atoms with Crippen LogP contribution in [0.1, 0.15) is 26.3 Å². The Hall–Kier alpha value is -3.96. The highest BCUT2D eigenvalue weighted by molar-refractivity contribution is 7.92. The summed E-state index contributed by atoms with van der Waals surface area (Å²) in [5.41, 5.74) is 0.913. The van der Waals surface area contributed by atoms with Crippen LogP contribution in [0.15, 0.2) is 71.6 Å². The molecule has 0 aromatic heterocycles. The van der Waals surface area contributed by atoms with Gasteiger partial charge in [0.15, 0.2) is 11.5 Å². The molecule has 42 heavy (non-hydrogen) atoms. The summed E-state index contributed by atoms with van der Waals surface area (Å²) in [4.78, 5) is 28.3. The molecule has 0 aliphatic heterocycles. The first kappa shape index (κ1) is 32.6. The highest BCUT2D eigenvalue weighted by atomic mass is 35.5. The Morgan fingerprint density at radius 2 is 1.55 bits per heavy atom. The van der Waals surface area contributed by atoms with Gasteiger partial charge in [0.1, 0.15) is 18.3 Å². The van der Waals surface area contributed by atoms with Gasteiger partial charge in [-0.05, 0) is 74.9 Å².